The first-order valence-corrected chi connectivity index (χ1v) is 33.4. The molecule has 3 atom stereocenters. The third-order valence-corrected chi connectivity index (χ3v) is 15.0. The van der Waals surface area contributed by atoms with Crippen LogP contribution >= 0.6 is 7.82 Å². The van der Waals surface area contributed by atoms with E-state index in [0.717, 1.165) is 89.9 Å². The van der Waals surface area contributed by atoms with Gasteiger partial charge in [0.15, 0.2) is 6.10 Å². The van der Waals surface area contributed by atoms with E-state index in [9.17, 15) is 28.9 Å². The van der Waals surface area contributed by atoms with E-state index in [4.69, 9.17) is 23.3 Å². The maximum Gasteiger partial charge on any atom is 0.472 e. The number of ether oxygens (including phenoxy) is 3. The molecule has 12 heteroatoms. The minimum Gasteiger partial charge on any atom is -0.462 e. The van der Waals surface area contributed by atoms with Crippen LogP contribution in [0.4, 0.5) is 0 Å². The van der Waals surface area contributed by atoms with Crippen molar-refractivity contribution in [3.05, 3.63) is 36.5 Å². The van der Waals surface area contributed by atoms with Crippen LogP contribution in [0.3, 0.4) is 0 Å². The highest BCUT2D eigenvalue weighted by Crippen LogP contribution is 2.43. The minimum atomic E-state index is -4.75. The van der Waals surface area contributed by atoms with Crippen LogP contribution in [0, 0.1) is 0 Å². The predicted molar refractivity (Wildman–Crippen MR) is 316 cm³/mol. The summed E-state index contributed by atoms with van der Waals surface area (Å²) >= 11 is 0. The van der Waals surface area contributed by atoms with Gasteiger partial charge in [0, 0.05) is 19.3 Å². The zero-order valence-electron chi connectivity index (χ0n) is 49.5. The fraction of sp³-hybridized carbons (Fsp3) is 0.859. The zero-order valence-corrected chi connectivity index (χ0v) is 50.4. The van der Waals surface area contributed by atoms with Crippen LogP contribution in [0.15, 0.2) is 36.5 Å². The maximum absolute atomic E-state index is 12.9. The van der Waals surface area contributed by atoms with E-state index in [1.807, 2.05) is 0 Å². The Balaban J connectivity index is 4.65. The van der Waals surface area contributed by atoms with Crippen molar-refractivity contribution in [2.75, 3.05) is 26.4 Å². The van der Waals surface area contributed by atoms with Crippen molar-refractivity contribution in [2.45, 2.75) is 328 Å². The second kappa shape index (κ2) is 58.8. The highest BCUT2D eigenvalue weighted by atomic mass is 31.2. The molecule has 0 spiro atoms. The molecule has 0 aromatic rings. The van der Waals surface area contributed by atoms with Gasteiger partial charge in [0.2, 0.25) is 0 Å². The van der Waals surface area contributed by atoms with Crippen molar-refractivity contribution in [3.8, 4) is 0 Å². The molecule has 0 radical (unpaired) electrons. The second-order valence-corrected chi connectivity index (χ2v) is 23.0. The highest BCUT2D eigenvalue weighted by molar-refractivity contribution is 7.47. The largest absolute Gasteiger partial charge is 0.472 e. The van der Waals surface area contributed by atoms with Gasteiger partial charge in [-0.25, -0.2) is 4.57 Å². The van der Waals surface area contributed by atoms with Crippen molar-refractivity contribution < 1.29 is 52.2 Å². The van der Waals surface area contributed by atoms with Crippen molar-refractivity contribution in [1.82, 2.24) is 0 Å². The van der Waals surface area contributed by atoms with Crippen molar-refractivity contribution >= 4 is 25.7 Å². The molecule has 0 fully saturated rings. The Morgan fingerprint density at radius 1 is 0.368 bits per heavy atom. The van der Waals surface area contributed by atoms with Gasteiger partial charge in [-0.2, -0.15) is 0 Å². The van der Waals surface area contributed by atoms with Crippen LogP contribution in [-0.4, -0.2) is 66.5 Å². The summed E-state index contributed by atoms with van der Waals surface area (Å²) in [6, 6.07) is 0. The van der Waals surface area contributed by atoms with Gasteiger partial charge in [-0.1, -0.05) is 276 Å². The smallest absolute Gasteiger partial charge is 0.462 e. The summed E-state index contributed by atoms with van der Waals surface area (Å²) in [5.74, 6) is -1.45. The summed E-state index contributed by atoms with van der Waals surface area (Å²) in [5, 5.41) is 9.85. The molecule has 0 aromatic carbocycles. The summed E-state index contributed by atoms with van der Waals surface area (Å²) in [6.07, 6.45) is 62.3. The van der Waals surface area contributed by atoms with Crippen LogP contribution < -0.4 is 0 Å². The molecular formula is C64H119O11P. The van der Waals surface area contributed by atoms with Gasteiger partial charge >= 0.3 is 25.7 Å². The molecular weight excluding hydrogens is 976 g/mol. The van der Waals surface area contributed by atoms with E-state index in [-0.39, 0.29) is 25.9 Å². The fourth-order valence-corrected chi connectivity index (χ4v) is 9.97. The lowest BCUT2D eigenvalue weighted by atomic mass is 10.0. The van der Waals surface area contributed by atoms with E-state index in [1.54, 1.807) is 0 Å². The molecule has 446 valence electrons. The van der Waals surface area contributed by atoms with Crippen LogP contribution in [0.1, 0.15) is 316 Å². The predicted octanol–water partition coefficient (Wildman–Crippen LogP) is 19.2. The molecule has 11 nitrogen and oxygen atoms in total. The van der Waals surface area contributed by atoms with Crippen molar-refractivity contribution in [2.24, 2.45) is 0 Å². The first-order valence-electron chi connectivity index (χ1n) is 31.9. The molecule has 0 amide bonds. The molecule has 0 saturated heterocycles. The number of esters is 3. The van der Waals surface area contributed by atoms with Gasteiger partial charge in [-0.05, 0) is 57.8 Å². The number of carbonyl (C=O) groups is 3. The first kappa shape index (κ1) is 73.7. The average molecular weight is 1100 g/mol. The van der Waals surface area contributed by atoms with E-state index in [1.165, 1.54) is 167 Å². The number of phosphoric ester groups is 1. The molecule has 0 heterocycles. The Labute approximate surface area is 467 Å². The van der Waals surface area contributed by atoms with Crippen LogP contribution in [0.2, 0.25) is 0 Å². The first-order chi connectivity index (χ1) is 37.2. The molecule has 0 aliphatic carbocycles. The number of allylic oxidation sites excluding steroid dienone is 6. The lowest BCUT2D eigenvalue weighted by Gasteiger charge is -2.21. The van der Waals surface area contributed by atoms with Gasteiger partial charge in [0.05, 0.1) is 19.8 Å². The Morgan fingerprint density at radius 3 is 1.01 bits per heavy atom. The quantitative estimate of drug-likeness (QED) is 0.0197. The van der Waals surface area contributed by atoms with Crippen molar-refractivity contribution in [3.63, 3.8) is 0 Å². The van der Waals surface area contributed by atoms with Gasteiger partial charge in [0.1, 0.15) is 12.7 Å². The molecule has 76 heavy (non-hydrogen) atoms. The molecule has 0 saturated carbocycles. The number of hydrogen-bond donors (Lipinski definition) is 2. The van der Waals surface area contributed by atoms with E-state index in [0.29, 0.717) is 19.3 Å². The Hall–Kier alpha value is -2.30. The van der Waals surface area contributed by atoms with Crippen LogP contribution in [0.5, 0.6) is 0 Å². The summed E-state index contributed by atoms with van der Waals surface area (Å²) in [6.45, 7) is 4.67. The zero-order chi connectivity index (χ0) is 55.5. The third-order valence-electron chi connectivity index (χ3n) is 14.1. The fourth-order valence-electron chi connectivity index (χ4n) is 9.19. The number of rotatable bonds is 60. The van der Waals surface area contributed by atoms with Gasteiger partial charge in [-0.15, -0.1) is 0 Å². The lowest BCUT2D eigenvalue weighted by Crippen LogP contribution is -2.30. The molecule has 0 aliphatic rings. The van der Waals surface area contributed by atoms with E-state index >= 15 is 0 Å². The number of phosphoric acid groups is 1. The monoisotopic (exact) mass is 1090 g/mol. The van der Waals surface area contributed by atoms with Gasteiger partial charge < -0.3 is 24.2 Å². The van der Waals surface area contributed by atoms with E-state index < -0.39 is 57.8 Å². The summed E-state index contributed by atoms with van der Waals surface area (Å²) in [7, 11) is -4.75. The maximum atomic E-state index is 12.9. The van der Waals surface area contributed by atoms with E-state index in [2.05, 4.69) is 57.2 Å². The van der Waals surface area contributed by atoms with Crippen LogP contribution in [0.25, 0.3) is 0 Å². The summed E-state index contributed by atoms with van der Waals surface area (Å²) in [4.78, 5) is 48.7. The van der Waals surface area contributed by atoms with Crippen molar-refractivity contribution in [1.29, 1.82) is 0 Å². The summed E-state index contributed by atoms with van der Waals surface area (Å²) in [5.41, 5.74) is 0. The topological polar surface area (TPSA) is 155 Å². The molecule has 0 rings (SSSR count). The SMILES string of the molecule is CCCCC/C=C\C/C=C\C/C=C\CCCCCCCCC(=O)OC(COC(=O)CCCCCCCCCCCCCCC)COP(=O)(O)OCC(CO)OC(=O)CCCCCCCCCCCCCCCCCCC. The number of aliphatic hydroxyl groups is 1. The molecule has 3 unspecified atom stereocenters. The standard InChI is InChI=1S/C64H119O11P/c1-4-7-10-13-16-19-22-25-27-29-30-32-34-37-40-43-46-49-52-55-64(68)75-61(57-71-62(66)53-50-47-44-41-38-35-24-21-18-15-12-9-6-3)59-73-76(69,70)72-58-60(56-65)74-63(67)54-51-48-45-42-39-36-33-31-28-26-23-20-17-14-11-8-5-2/h16,19,25,27,30,32,60-61,65H,4-15,17-18,20-24,26,28-29,31,33-59H2,1-3H3,(H,69,70)/b19-16-,27-25-,32-30-. The Morgan fingerprint density at radius 2 is 0.645 bits per heavy atom. The molecule has 0 aliphatic heterocycles. The van der Waals surface area contributed by atoms with Gasteiger partial charge in [0.25, 0.3) is 0 Å². The van der Waals surface area contributed by atoms with Gasteiger partial charge in [-0.3, -0.25) is 23.4 Å². The molecule has 0 bridgehead atoms. The number of carbonyl (C=O) groups excluding carboxylic acids is 3. The Bertz CT molecular complexity index is 1420. The number of hydrogen-bond acceptors (Lipinski definition) is 10. The number of unbranched alkanes of at least 4 members (excludes halogenated alkanes) is 37. The second-order valence-electron chi connectivity index (χ2n) is 21.6. The highest BCUT2D eigenvalue weighted by Gasteiger charge is 2.28. The lowest BCUT2D eigenvalue weighted by molar-refractivity contribution is -0.161. The Kier molecular flexibility index (Phi) is 57.1. The third kappa shape index (κ3) is 56.4. The summed E-state index contributed by atoms with van der Waals surface area (Å²) < 4.78 is 39.7. The normalized spacial score (nSPS) is 13.5. The average Bonchev–Trinajstić information content (AvgIpc) is 3.41. The number of aliphatic hydroxyl groups excluding tert-OH is 1. The molecule has 0 aromatic heterocycles. The van der Waals surface area contributed by atoms with Crippen LogP contribution in [-0.2, 0) is 42.2 Å². The minimum absolute atomic E-state index is 0.157. The molecule has 2 N–H and O–H groups in total.